The molecule has 2 aromatic carbocycles. The number of nitrogens with one attached hydrogen (secondary N) is 2. The molecule has 0 radical (unpaired) electrons. The normalized spacial score (nSPS) is 10.9. The molecule has 0 unspecified atom stereocenters. The summed E-state index contributed by atoms with van der Waals surface area (Å²) >= 11 is 6.95. The fourth-order valence-corrected chi connectivity index (χ4v) is 4.72. The molecule has 2 aromatic heterocycles. The Morgan fingerprint density at radius 2 is 1.79 bits per heavy atom. The molecule has 2 amide bonds. The average Bonchev–Trinajstić information content (AvgIpc) is 3.19. The predicted molar refractivity (Wildman–Crippen MR) is 137 cm³/mol. The molecule has 2 N–H and O–H groups in total. The van der Waals surface area contributed by atoms with Crippen molar-refractivity contribution >= 4 is 51.1 Å². The number of thiazole rings is 1. The van der Waals surface area contributed by atoms with Gasteiger partial charge in [-0.2, -0.15) is 0 Å². The lowest BCUT2D eigenvalue weighted by atomic mass is 10.1. The lowest BCUT2D eigenvalue weighted by Crippen LogP contribution is -2.25. The van der Waals surface area contributed by atoms with E-state index in [1.165, 1.54) is 10.5 Å². The van der Waals surface area contributed by atoms with Gasteiger partial charge in [0.05, 0.1) is 0 Å². The third kappa shape index (κ3) is 4.73. The number of benzene rings is 2. The van der Waals surface area contributed by atoms with Gasteiger partial charge in [-0.3, -0.25) is 14.4 Å². The van der Waals surface area contributed by atoms with Gasteiger partial charge >= 0.3 is 0 Å². The smallest absolute Gasteiger partial charge is 0.274 e. The molecular weight excluding hydrogens is 472 g/mol. The van der Waals surface area contributed by atoms with Crippen LogP contribution in [0.3, 0.4) is 0 Å². The van der Waals surface area contributed by atoms with Gasteiger partial charge in [0.2, 0.25) is 0 Å². The SMILES string of the molecule is CCCc1cc(=O)n2c(C(=O)Nc3ccc(Cl)cc3)c(C(=O)Nc3cccc(C)c3C)sc2n1. The fourth-order valence-electron chi connectivity index (χ4n) is 3.55. The van der Waals surface area contributed by atoms with Crippen molar-refractivity contribution in [1.82, 2.24) is 9.38 Å². The van der Waals surface area contributed by atoms with E-state index < -0.39 is 17.4 Å². The number of carbonyl (C=O) groups excluding carboxylic acids is 2. The highest BCUT2D eigenvalue weighted by Crippen LogP contribution is 2.26. The number of rotatable bonds is 6. The molecule has 0 fully saturated rings. The van der Waals surface area contributed by atoms with E-state index in [9.17, 15) is 14.4 Å². The van der Waals surface area contributed by atoms with Gasteiger partial charge in [-0.25, -0.2) is 9.38 Å². The van der Waals surface area contributed by atoms with E-state index in [-0.39, 0.29) is 10.6 Å². The van der Waals surface area contributed by atoms with Crippen LogP contribution in [0.25, 0.3) is 4.96 Å². The molecule has 0 saturated carbocycles. The number of aryl methyl sites for hydroxylation is 2. The topological polar surface area (TPSA) is 92.6 Å². The molecule has 0 aliphatic carbocycles. The number of aromatic nitrogens is 2. The number of nitrogens with zero attached hydrogens (tertiary/aromatic N) is 2. The Labute approximate surface area is 205 Å². The highest BCUT2D eigenvalue weighted by atomic mass is 35.5. The van der Waals surface area contributed by atoms with Crippen molar-refractivity contribution in [1.29, 1.82) is 0 Å². The summed E-state index contributed by atoms with van der Waals surface area (Å²) < 4.78 is 1.20. The molecule has 4 aromatic rings. The van der Waals surface area contributed by atoms with E-state index in [1.807, 2.05) is 32.9 Å². The maximum atomic E-state index is 13.4. The number of hydrogen-bond donors (Lipinski definition) is 2. The quantitative estimate of drug-likeness (QED) is 0.371. The second-order valence-electron chi connectivity index (χ2n) is 7.90. The van der Waals surface area contributed by atoms with Crippen LogP contribution in [-0.4, -0.2) is 21.2 Å². The Balaban J connectivity index is 1.82. The van der Waals surface area contributed by atoms with Gasteiger partial charge in [-0.05, 0) is 61.7 Å². The molecule has 0 aliphatic heterocycles. The number of halogens is 1. The van der Waals surface area contributed by atoms with Crippen LogP contribution >= 0.6 is 22.9 Å². The summed E-state index contributed by atoms with van der Waals surface area (Å²) in [5, 5.41) is 6.16. The van der Waals surface area contributed by atoms with Crippen LogP contribution in [0, 0.1) is 13.8 Å². The molecule has 7 nitrogen and oxygen atoms in total. The minimum Gasteiger partial charge on any atom is -0.321 e. The summed E-state index contributed by atoms with van der Waals surface area (Å²) in [6.45, 7) is 5.85. The second-order valence-corrected chi connectivity index (χ2v) is 9.31. The van der Waals surface area contributed by atoms with Crippen LogP contribution in [0.2, 0.25) is 5.02 Å². The zero-order valence-corrected chi connectivity index (χ0v) is 20.5. The van der Waals surface area contributed by atoms with Crippen LogP contribution in [0.1, 0.15) is 50.3 Å². The largest absolute Gasteiger partial charge is 0.321 e. The molecule has 0 saturated heterocycles. The average molecular weight is 495 g/mol. The van der Waals surface area contributed by atoms with Crippen molar-refractivity contribution in [3.8, 4) is 0 Å². The molecule has 9 heteroatoms. The van der Waals surface area contributed by atoms with Gasteiger partial charge in [0.1, 0.15) is 10.6 Å². The van der Waals surface area contributed by atoms with E-state index in [2.05, 4.69) is 15.6 Å². The molecule has 0 spiro atoms. The van der Waals surface area contributed by atoms with Gasteiger partial charge < -0.3 is 10.6 Å². The Morgan fingerprint density at radius 3 is 2.50 bits per heavy atom. The highest BCUT2D eigenvalue weighted by Gasteiger charge is 2.27. The second kappa shape index (κ2) is 9.79. The first-order chi connectivity index (χ1) is 16.3. The van der Waals surface area contributed by atoms with Crippen LogP contribution in [0.4, 0.5) is 11.4 Å². The van der Waals surface area contributed by atoms with Crippen molar-refractivity contribution in [2.75, 3.05) is 10.6 Å². The van der Waals surface area contributed by atoms with Crippen LogP contribution in [0.5, 0.6) is 0 Å². The predicted octanol–water partition coefficient (Wildman–Crippen LogP) is 5.48. The van der Waals surface area contributed by atoms with Crippen molar-refractivity contribution < 1.29 is 9.59 Å². The van der Waals surface area contributed by atoms with Crippen molar-refractivity contribution in [2.45, 2.75) is 33.6 Å². The standard InChI is InChI=1S/C25H23ClN4O3S/c1-4-6-18-13-20(31)30-21(23(32)27-17-11-9-16(26)10-12-17)22(34-25(30)28-18)24(33)29-19-8-5-7-14(2)15(19)3/h5,7-13H,4,6H2,1-3H3,(H,27,32)(H,29,33). The molecule has 0 atom stereocenters. The van der Waals surface area contributed by atoms with Gasteiger partial charge in [0.25, 0.3) is 17.4 Å². The Kier molecular flexibility index (Phi) is 6.81. The Bertz CT molecular complexity index is 1460. The minimum atomic E-state index is -0.591. The van der Waals surface area contributed by atoms with Crippen molar-refractivity contribution in [3.63, 3.8) is 0 Å². The van der Waals surface area contributed by atoms with Gasteiger partial charge in [-0.15, -0.1) is 0 Å². The summed E-state index contributed by atoms with van der Waals surface area (Å²) in [6.07, 6.45) is 1.44. The van der Waals surface area contributed by atoms with Crippen molar-refractivity contribution in [3.05, 3.63) is 91.3 Å². The number of amides is 2. The Morgan fingerprint density at radius 1 is 1.06 bits per heavy atom. The number of fused-ring (bicyclic) bond motifs is 1. The molecule has 4 rings (SSSR count). The zero-order chi connectivity index (χ0) is 24.4. The monoisotopic (exact) mass is 494 g/mol. The lowest BCUT2D eigenvalue weighted by molar-refractivity contribution is 0.0989. The lowest BCUT2D eigenvalue weighted by Gasteiger charge is -2.11. The number of anilines is 2. The third-order valence-electron chi connectivity index (χ3n) is 5.46. The first kappa shape index (κ1) is 23.7. The van der Waals surface area contributed by atoms with E-state index in [0.717, 1.165) is 28.9 Å². The molecule has 0 aliphatic rings. The first-order valence-corrected chi connectivity index (χ1v) is 12.0. The molecular formula is C25H23ClN4O3S. The highest BCUT2D eigenvalue weighted by molar-refractivity contribution is 7.19. The number of carbonyl (C=O) groups is 2. The van der Waals surface area contributed by atoms with Gasteiger partial charge in [0.15, 0.2) is 4.96 Å². The van der Waals surface area contributed by atoms with Crippen LogP contribution < -0.4 is 16.2 Å². The number of hydrogen-bond acceptors (Lipinski definition) is 5. The summed E-state index contributed by atoms with van der Waals surface area (Å²) in [6, 6.07) is 13.6. The maximum absolute atomic E-state index is 13.4. The molecule has 34 heavy (non-hydrogen) atoms. The molecule has 174 valence electrons. The zero-order valence-electron chi connectivity index (χ0n) is 18.9. The van der Waals surface area contributed by atoms with Crippen LogP contribution in [-0.2, 0) is 6.42 Å². The van der Waals surface area contributed by atoms with Gasteiger partial charge in [0, 0.05) is 28.2 Å². The maximum Gasteiger partial charge on any atom is 0.274 e. The van der Waals surface area contributed by atoms with Crippen LogP contribution in [0.15, 0.2) is 53.3 Å². The summed E-state index contributed by atoms with van der Waals surface area (Å²) in [7, 11) is 0. The van der Waals surface area contributed by atoms with E-state index >= 15 is 0 Å². The third-order valence-corrected chi connectivity index (χ3v) is 6.75. The first-order valence-electron chi connectivity index (χ1n) is 10.8. The van der Waals surface area contributed by atoms with Gasteiger partial charge in [-0.1, -0.05) is 48.4 Å². The van der Waals surface area contributed by atoms with E-state index in [1.54, 1.807) is 30.3 Å². The van der Waals surface area contributed by atoms with E-state index in [0.29, 0.717) is 33.5 Å². The van der Waals surface area contributed by atoms with Crippen molar-refractivity contribution in [2.24, 2.45) is 0 Å². The van der Waals surface area contributed by atoms with E-state index in [4.69, 9.17) is 11.6 Å². The minimum absolute atomic E-state index is 0.0571. The fraction of sp³-hybridized carbons (Fsp3) is 0.200. The molecule has 2 heterocycles. The summed E-state index contributed by atoms with van der Waals surface area (Å²) in [5.74, 6) is -1.08. The Hall–Kier alpha value is -3.49. The molecule has 0 bridgehead atoms. The summed E-state index contributed by atoms with van der Waals surface area (Å²) in [5.41, 5.74) is 3.23. The summed E-state index contributed by atoms with van der Waals surface area (Å²) in [4.78, 5) is 44.6.